The van der Waals surface area contributed by atoms with Crippen molar-refractivity contribution >= 4 is 11.6 Å². The van der Waals surface area contributed by atoms with Crippen LogP contribution in [0, 0.1) is 17.8 Å². The SMILES string of the molecule is CCn1cc(N)c(C(=O)NCC2CC3CCC2C3)n1. The van der Waals surface area contributed by atoms with Crippen LogP contribution in [-0.4, -0.2) is 22.2 Å². The van der Waals surface area contributed by atoms with E-state index in [-0.39, 0.29) is 5.91 Å². The van der Waals surface area contributed by atoms with Crippen LogP contribution in [-0.2, 0) is 6.54 Å². The Labute approximate surface area is 113 Å². The van der Waals surface area contributed by atoms with Crippen molar-refractivity contribution in [1.29, 1.82) is 0 Å². The summed E-state index contributed by atoms with van der Waals surface area (Å²) in [5.74, 6) is 2.27. The van der Waals surface area contributed by atoms with Gasteiger partial charge in [0.05, 0.1) is 5.69 Å². The first kappa shape index (κ1) is 12.5. The number of anilines is 1. The summed E-state index contributed by atoms with van der Waals surface area (Å²) in [6, 6.07) is 0. The normalized spacial score (nSPS) is 28.8. The molecule has 104 valence electrons. The molecule has 3 unspecified atom stereocenters. The maximum Gasteiger partial charge on any atom is 0.273 e. The van der Waals surface area contributed by atoms with Gasteiger partial charge in [0.15, 0.2) is 5.69 Å². The van der Waals surface area contributed by atoms with Crippen LogP contribution < -0.4 is 11.1 Å². The highest BCUT2D eigenvalue weighted by molar-refractivity contribution is 5.96. The van der Waals surface area contributed by atoms with E-state index < -0.39 is 0 Å². The molecule has 3 N–H and O–H groups in total. The Bertz CT molecular complexity index is 482. The molecule has 2 saturated carbocycles. The number of hydrogen-bond donors (Lipinski definition) is 2. The van der Waals surface area contributed by atoms with Crippen LogP contribution in [0.3, 0.4) is 0 Å². The zero-order chi connectivity index (χ0) is 13.4. The number of aromatic nitrogens is 2. The number of carbonyl (C=O) groups is 1. The van der Waals surface area contributed by atoms with Crippen molar-refractivity contribution in [3.8, 4) is 0 Å². The fourth-order valence-electron chi connectivity index (χ4n) is 3.71. The van der Waals surface area contributed by atoms with Gasteiger partial charge in [-0.3, -0.25) is 9.48 Å². The number of nitrogen functional groups attached to an aromatic ring is 1. The minimum atomic E-state index is -0.132. The summed E-state index contributed by atoms with van der Waals surface area (Å²) in [7, 11) is 0. The number of carbonyl (C=O) groups excluding carboxylic acids is 1. The maximum atomic E-state index is 12.1. The van der Waals surface area contributed by atoms with Crippen molar-refractivity contribution in [3.05, 3.63) is 11.9 Å². The van der Waals surface area contributed by atoms with Gasteiger partial charge in [-0.05, 0) is 43.9 Å². The molecule has 2 aliphatic carbocycles. The fraction of sp³-hybridized carbons (Fsp3) is 0.714. The van der Waals surface area contributed by atoms with Gasteiger partial charge < -0.3 is 11.1 Å². The van der Waals surface area contributed by atoms with Gasteiger partial charge in [-0.15, -0.1) is 0 Å². The number of hydrogen-bond acceptors (Lipinski definition) is 3. The molecular weight excluding hydrogens is 240 g/mol. The molecule has 1 heterocycles. The smallest absolute Gasteiger partial charge is 0.273 e. The molecule has 1 aromatic heterocycles. The number of fused-ring (bicyclic) bond motifs is 2. The van der Waals surface area contributed by atoms with E-state index in [4.69, 9.17) is 5.73 Å². The lowest BCUT2D eigenvalue weighted by atomic mass is 9.89. The summed E-state index contributed by atoms with van der Waals surface area (Å²) in [6.07, 6.45) is 7.10. The van der Waals surface area contributed by atoms with Crippen LogP contribution in [0.1, 0.15) is 43.1 Å². The third-order valence-electron chi connectivity index (χ3n) is 4.74. The molecule has 3 atom stereocenters. The summed E-state index contributed by atoms with van der Waals surface area (Å²) in [5, 5.41) is 7.21. The third-order valence-corrected chi connectivity index (χ3v) is 4.74. The van der Waals surface area contributed by atoms with Gasteiger partial charge in [-0.1, -0.05) is 6.42 Å². The first-order valence-electron chi connectivity index (χ1n) is 7.28. The third kappa shape index (κ3) is 2.33. The van der Waals surface area contributed by atoms with E-state index in [1.165, 1.54) is 25.7 Å². The van der Waals surface area contributed by atoms with Gasteiger partial charge in [-0.25, -0.2) is 0 Å². The summed E-state index contributed by atoms with van der Waals surface area (Å²) >= 11 is 0. The number of amides is 1. The Balaban J connectivity index is 1.57. The monoisotopic (exact) mass is 262 g/mol. The van der Waals surface area contributed by atoms with Crippen LogP contribution in [0.4, 0.5) is 5.69 Å². The Morgan fingerprint density at radius 3 is 2.95 bits per heavy atom. The Morgan fingerprint density at radius 1 is 1.53 bits per heavy atom. The minimum absolute atomic E-state index is 0.132. The molecule has 2 fully saturated rings. The first-order chi connectivity index (χ1) is 9.17. The van der Waals surface area contributed by atoms with Gasteiger partial charge in [0.1, 0.15) is 0 Å². The average Bonchev–Trinajstić information content (AvgIpc) is 3.10. The molecule has 0 radical (unpaired) electrons. The highest BCUT2D eigenvalue weighted by Gasteiger charge is 2.39. The number of rotatable bonds is 4. The summed E-state index contributed by atoms with van der Waals surface area (Å²) in [6.45, 7) is 3.48. The maximum absolute atomic E-state index is 12.1. The lowest BCUT2D eigenvalue weighted by molar-refractivity contribution is 0.0937. The lowest BCUT2D eigenvalue weighted by Crippen LogP contribution is -2.32. The molecule has 2 aliphatic rings. The van der Waals surface area contributed by atoms with Gasteiger partial charge in [0.2, 0.25) is 0 Å². The molecule has 5 nitrogen and oxygen atoms in total. The van der Waals surface area contributed by atoms with Crippen molar-refractivity contribution in [2.45, 2.75) is 39.2 Å². The topological polar surface area (TPSA) is 72.9 Å². The van der Waals surface area contributed by atoms with Crippen LogP contribution in [0.5, 0.6) is 0 Å². The minimum Gasteiger partial charge on any atom is -0.396 e. The molecule has 19 heavy (non-hydrogen) atoms. The second kappa shape index (κ2) is 4.87. The Kier molecular flexibility index (Phi) is 3.21. The largest absolute Gasteiger partial charge is 0.396 e. The molecule has 3 rings (SSSR count). The van der Waals surface area contributed by atoms with Crippen molar-refractivity contribution < 1.29 is 4.79 Å². The predicted octanol–water partition coefficient (Wildman–Crippen LogP) is 1.65. The van der Waals surface area contributed by atoms with E-state index in [0.29, 0.717) is 17.3 Å². The van der Waals surface area contributed by atoms with E-state index in [9.17, 15) is 4.79 Å². The zero-order valence-electron chi connectivity index (χ0n) is 11.4. The van der Waals surface area contributed by atoms with E-state index in [2.05, 4.69) is 10.4 Å². The van der Waals surface area contributed by atoms with Crippen molar-refractivity contribution in [3.63, 3.8) is 0 Å². The molecule has 0 aliphatic heterocycles. The van der Waals surface area contributed by atoms with Gasteiger partial charge >= 0.3 is 0 Å². The average molecular weight is 262 g/mol. The second-order valence-corrected chi connectivity index (χ2v) is 5.93. The highest BCUT2D eigenvalue weighted by atomic mass is 16.2. The number of nitrogens with zero attached hydrogens (tertiary/aromatic N) is 2. The van der Waals surface area contributed by atoms with Gasteiger partial charge in [-0.2, -0.15) is 5.10 Å². The van der Waals surface area contributed by atoms with Crippen LogP contribution in [0.25, 0.3) is 0 Å². The Hall–Kier alpha value is -1.52. The van der Waals surface area contributed by atoms with E-state index in [0.717, 1.165) is 24.9 Å². The van der Waals surface area contributed by atoms with Crippen LogP contribution in [0.15, 0.2) is 6.20 Å². The predicted molar refractivity (Wildman–Crippen MR) is 73.6 cm³/mol. The first-order valence-corrected chi connectivity index (χ1v) is 7.28. The molecule has 0 spiro atoms. The van der Waals surface area contributed by atoms with Gasteiger partial charge in [0, 0.05) is 19.3 Å². The van der Waals surface area contributed by atoms with Gasteiger partial charge in [0.25, 0.3) is 5.91 Å². The summed E-state index contributed by atoms with van der Waals surface area (Å²) in [5.41, 5.74) is 6.65. The van der Waals surface area contributed by atoms with Crippen molar-refractivity contribution in [1.82, 2.24) is 15.1 Å². The van der Waals surface area contributed by atoms with E-state index >= 15 is 0 Å². The van der Waals surface area contributed by atoms with E-state index in [1.807, 2.05) is 6.92 Å². The molecule has 2 bridgehead atoms. The second-order valence-electron chi connectivity index (χ2n) is 5.93. The molecule has 5 heteroatoms. The summed E-state index contributed by atoms with van der Waals surface area (Å²) < 4.78 is 1.70. The van der Waals surface area contributed by atoms with Crippen molar-refractivity contribution in [2.24, 2.45) is 17.8 Å². The van der Waals surface area contributed by atoms with Crippen LogP contribution in [0.2, 0.25) is 0 Å². The zero-order valence-corrected chi connectivity index (χ0v) is 11.4. The molecule has 0 saturated heterocycles. The van der Waals surface area contributed by atoms with E-state index in [1.54, 1.807) is 10.9 Å². The molecule has 1 aromatic rings. The fourth-order valence-corrected chi connectivity index (χ4v) is 3.71. The number of aryl methyl sites for hydroxylation is 1. The highest BCUT2D eigenvalue weighted by Crippen LogP contribution is 2.47. The summed E-state index contributed by atoms with van der Waals surface area (Å²) in [4.78, 5) is 12.1. The molecular formula is C14H22N4O. The number of nitrogens with one attached hydrogen (secondary N) is 1. The quantitative estimate of drug-likeness (QED) is 0.866. The number of nitrogens with two attached hydrogens (primary N) is 1. The Morgan fingerprint density at radius 2 is 2.37 bits per heavy atom. The standard InChI is InChI=1S/C14H22N4O/c1-2-18-8-12(15)13(17-18)14(19)16-7-11-6-9-3-4-10(11)5-9/h8-11H,2-7,15H2,1H3,(H,16,19). The van der Waals surface area contributed by atoms with Crippen LogP contribution >= 0.6 is 0 Å². The lowest BCUT2D eigenvalue weighted by Gasteiger charge is -2.21. The molecule has 0 aromatic carbocycles. The van der Waals surface area contributed by atoms with Crippen molar-refractivity contribution in [2.75, 3.05) is 12.3 Å². The molecule has 1 amide bonds.